The second kappa shape index (κ2) is 4.60. The maximum atomic E-state index is 12.8. The number of halogens is 1. The van der Waals surface area contributed by atoms with Crippen LogP contribution >= 0.6 is 0 Å². The molecule has 1 nitrogen and oxygen atoms in total. The first-order valence-electron chi connectivity index (χ1n) is 4.77. The lowest BCUT2D eigenvalue weighted by atomic mass is 10.2. The van der Waals surface area contributed by atoms with Crippen molar-refractivity contribution in [3.8, 4) is 5.75 Å². The summed E-state index contributed by atoms with van der Waals surface area (Å²) in [6.07, 6.45) is 0. The van der Waals surface area contributed by atoms with Crippen LogP contribution in [0, 0.1) is 5.82 Å². The van der Waals surface area contributed by atoms with Gasteiger partial charge in [-0.2, -0.15) is 0 Å². The van der Waals surface area contributed by atoms with E-state index in [1.807, 2.05) is 36.4 Å². The molecule has 0 N–H and O–H groups in total. The zero-order valence-corrected chi connectivity index (χ0v) is 8.19. The van der Waals surface area contributed by atoms with E-state index in [1.54, 1.807) is 6.07 Å². The molecule has 76 valence electrons. The fraction of sp³-hybridized carbons (Fsp3) is 0.0769. The normalized spacial score (nSPS) is 9.93. The highest BCUT2D eigenvalue weighted by Gasteiger charge is 1.96. The molecule has 0 aromatic heterocycles. The number of ether oxygens (including phenoxy) is 1. The third-order valence-corrected chi connectivity index (χ3v) is 2.04. The van der Waals surface area contributed by atoms with Gasteiger partial charge in [-0.1, -0.05) is 30.3 Å². The molecule has 0 aliphatic carbocycles. The minimum Gasteiger partial charge on any atom is -0.489 e. The van der Waals surface area contributed by atoms with E-state index in [-0.39, 0.29) is 5.82 Å². The molecule has 0 aliphatic heterocycles. The Balaban J connectivity index is 1.99. The van der Waals surface area contributed by atoms with Gasteiger partial charge >= 0.3 is 0 Å². The molecule has 2 aromatic rings. The van der Waals surface area contributed by atoms with Gasteiger partial charge in [-0.25, -0.2) is 4.39 Å². The largest absolute Gasteiger partial charge is 0.489 e. The van der Waals surface area contributed by atoms with Gasteiger partial charge in [0.2, 0.25) is 0 Å². The minimum absolute atomic E-state index is 0.232. The number of hydrogen-bond donors (Lipinski definition) is 0. The van der Waals surface area contributed by atoms with Gasteiger partial charge in [0.05, 0.1) is 0 Å². The molecule has 0 bridgehead atoms. The van der Waals surface area contributed by atoms with Crippen LogP contribution < -0.4 is 4.74 Å². The van der Waals surface area contributed by atoms with Crippen molar-refractivity contribution >= 4 is 0 Å². The number of para-hydroxylation sites is 1. The summed E-state index contributed by atoms with van der Waals surface area (Å²) in [7, 11) is 0. The van der Waals surface area contributed by atoms with Crippen molar-refractivity contribution in [2.45, 2.75) is 6.61 Å². The summed E-state index contributed by atoms with van der Waals surface area (Å²) in [5.41, 5.74) is 0.832. The molecular formula is C13H11FO. The van der Waals surface area contributed by atoms with Crippen LogP contribution in [0.15, 0.2) is 54.6 Å². The van der Waals surface area contributed by atoms with Crippen molar-refractivity contribution in [1.29, 1.82) is 0 Å². The third kappa shape index (κ3) is 2.81. The van der Waals surface area contributed by atoms with Gasteiger partial charge in [0, 0.05) is 0 Å². The second-order valence-electron chi connectivity index (χ2n) is 3.23. The first-order chi connectivity index (χ1) is 7.34. The van der Waals surface area contributed by atoms with E-state index >= 15 is 0 Å². The Hall–Kier alpha value is -1.83. The fourth-order valence-corrected chi connectivity index (χ4v) is 1.31. The molecule has 15 heavy (non-hydrogen) atoms. The predicted molar refractivity (Wildman–Crippen MR) is 57.2 cm³/mol. The highest BCUT2D eigenvalue weighted by atomic mass is 19.1. The maximum absolute atomic E-state index is 12.8. The molecule has 0 saturated heterocycles. The molecule has 0 spiro atoms. The average molecular weight is 202 g/mol. The fourth-order valence-electron chi connectivity index (χ4n) is 1.31. The summed E-state index contributed by atoms with van der Waals surface area (Å²) < 4.78 is 18.3. The molecule has 0 atom stereocenters. The van der Waals surface area contributed by atoms with Crippen molar-refractivity contribution in [1.82, 2.24) is 0 Å². The zero-order valence-electron chi connectivity index (χ0n) is 8.19. The Kier molecular flexibility index (Phi) is 2.98. The molecule has 2 aromatic carbocycles. The monoisotopic (exact) mass is 202 g/mol. The predicted octanol–water partition coefficient (Wildman–Crippen LogP) is 3.40. The number of rotatable bonds is 3. The Labute approximate surface area is 88.1 Å². The molecule has 0 aliphatic rings. The summed E-state index contributed by atoms with van der Waals surface area (Å²) in [5, 5.41) is 0. The van der Waals surface area contributed by atoms with Crippen LogP contribution in [0.4, 0.5) is 4.39 Å². The van der Waals surface area contributed by atoms with Crippen LogP contribution in [0.3, 0.4) is 0 Å². The third-order valence-electron chi connectivity index (χ3n) is 2.04. The van der Waals surface area contributed by atoms with Crippen molar-refractivity contribution in [2.24, 2.45) is 0 Å². The Morgan fingerprint density at radius 3 is 2.47 bits per heavy atom. The van der Waals surface area contributed by atoms with Gasteiger partial charge in [0.25, 0.3) is 0 Å². The lowest BCUT2D eigenvalue weighted by Crippen LogP contribution is -1.95. The average Bonchev–Trinajstić information content (AvgIpc) is 2.28. The molecule has 0 fully saturated rings. The van der Waals surface area contributed by atoms with Crippen molar-refractivity contribution < 1.29 is 9.13 Å². The molecule has 2 rings (SSSR count). The van der Waals surface area contributed by atoms with Gasteiger partial charge in [0.1, 0.15) is 18.2 Å². The summed E-state index contributed by atoms with van der Waals surface area (Å²) in [6, 6.07) is 15.9. The topological polar surface area (TPSA) is 9.23 Å². The highest BCUT2D eigenvalue weighted by molar-refractivity contribution is 5.22. The summed E-state index contributed by atoms with van der Waals surface area (Å²) in [4.78, 5) is 0. The van der Waals surface area contributed by atoms with Crippen LogP contribution in [0.25, 0.3) is 0 Å². The molecular weight excluding hydrogens is 191 g/mol. The van der Waals surface area contributed by atoms with E-state index in [9.17, 15) is 4.39 Å². The van der Waals surface area contributed by atoms with E-state index < -0.39 is 0 Å². The van der Waals surface area contributed by atoms with Gasteiger partial charge in [0.15, 0.2) is 0 Å². The summed E-state index contributed by atoms with van der Waals surface area (Å²) >= 11 is 0. The van der Waals surface area contributed by atoms with Gasteiger partial charge < -0.3 is 4.74 Å². The highest BCUT2D eigenvalue weighted by Crippen LogP contribution is 2.12. The standard InChI is InChI=1S/C13H11FO/c14-12-6-4-5-11(9-12)10-15-13-7-2-1-3-8-13/h1-9H,10H2. The second-order valence-corrected chi connectivity index (χ2v) is 3.23. The zero-order chi connectivity index (χ0) is 10.5. The molecule has 2 heteroatoms. The first-order valence-corrected chi connectivity index (χ1v) is 4.77. The number of benzene rings is 2. The van der Waals surface area contributed by atoms with E-state index in [1.165, 1.54) is 12.1 Å². The Bertz CT molecular complexity index is 426. The smallest absolute Gasteiger partial charge is 0.123 e. The van der Waals surface area contributed by atoms with Crippen LogP contribution in [-0.4, -0.2) is 0 Å². The Morgan fingerprint density at radius 2 is 1.73 bits per heavy atom. The summed E-state index contributed by atoms with van der Waals surface area (Å²) in [6.45, 7) is 0.391. The van der Waals surface area contributed by atoms with E-state index in [4.69, 9.17) is 4.74 Å². The van der Waals surface area contributed by atoms with Gasteiger partial charge in [-0.05, 0) is 29.8 Å². The first kappa shape index (κ1) is 9.71. The van der Waals surface area contributed by atoms with Crippen molar-refractivity contribution in [3.63, 3.8) is 0 Å². The maximum Gasteiger partial charge on any atom is 0.123 e. The van der Waals surface area contributed by atoms with Gasteiger partial charge in [-0.3, -0.25) is 0 Å². The van der Waals surface area contributed by atoms with Crippen LogP contribution in [0.2, 0.25) is 0 Å². The summed E-state index contributed by atoms with van der Waals surface area (Å²) in [5.74, 6) is 0.561. The van der Waals surface area contributed by atoms with Gasteiger partial charge in [-0.15, -0.1) is 0 Å². The van der Waals surface area contributed by atoms with Crippen molar-refractivity contribution in [3.05, 3.63) is 66.0 Å². The molecule has 0 unspecified atom stereocenters. The lowest BCUT2D eigenvalue weighted by molar-refractivity contribution is 0.305. The molecule has 0 saturated carbocycles. The molecule has 0 radical (unpaired) electrons. The quantitative estimate of drug-likeness (QED) is 0.741. The van der Waals surface area contributed by atoms with Crippen molar-refractivity contribution in [2.75, 3.05) is 0 Å². The van der Waals surface area contributed by atoms with Crippen LogP contribution in [0.5, 0.6) is 5.75 Å². The van der Waals surface area contributed by atoms with E-state index in [0.29, 0.717) is 6.61 Å². The van der Waals surface area contributed by atoms with Crippen LogP contribution in [-0.2, 0) is 6.61 Å². The lowest BCUT2D eigenvalue weighted by Gasteiger charge is -2.05. The minimum atomic E-state index is -0.232. The van der Waals surface area contributed by atoms with E-state index in [2.05, 4.69) is 0 Å². The van der Waals surface area contributed by atoms with Crippen LogP contribution in [0.1, 0.15) is 5.56 Å². The SMILES string of the molecule is Fc1cccc(COc2ccccc2)c1. The number of hydrogen-bond acceptors (Lipinski definition) is 1. The van der Waals surface area contributed by atoms with E-state index in [0.717, 1.165) is 11.3 Å². The molecule has 0 amide bonds. The Morgan fingerprint density at radius 1 is 0.933 bits per heavy atom. The molecule has 0 heterocycles.